The zero-order valence-corrected chi connectivity index (χ0v) is 33.9. The Balaban J connectivity index is 1.72. The van der Waals surface area contributed by atoms with Crippen LogP contribution in [-0.2, 0) is 35.6 Å². The molecule has 0 aliphatic heterocycles. The molecule has 57 heavy (non-hydrogen) atoms. The number of benzene rings is 2. The highest BCUT2D eigenvalue weighted by Crippen LogP contribution is 2.41. The molecule has 2 unspecified atom stereocenters. The number of aromatic nitrogens is 1. The Kier molecular flexibility index (Phi) is 17.8. The summed E-state index contributed by atoms with van der Waals surface area (Å²) in [6.45, 7) is 6.33. The van der Waals surface area contributed by atoms with Crippen LogP contribution in [0, 0.1) is 17.0 Å². The fourth-order valence-electron chi connectivity index (χ4n) is 6.53. The first-order chi connectivity index (χ1) is 26.9. The van der Waals surface area contributed by atoms with Gasteiger partial charge in [-0.05, 0) is 67.5 Å². The summed E-state index contributed by atoms with van der Waals surface area (Å²) >= 11 is 0. The molecule has 314 valence electrons. The Morgan fingerprint density at radius 1 is 0.930 bits per heavy atom. The number of hydrogen-bond donors (Lipinski definition) is 6. The van der Waals surface area contributed by atoms with E-state index in [9.17, 15) is 37.1 Å². The van der Waals surface area contributed by atoms with E-state index in [1.807, 2.05) is 55.7 Å². The van der Waals surface area contributed by atoms with Gasteiger partial charge in [0, 0.05) is 56.1 Å². The SMILES string of the molecule is CC(=O)N[C@@H](CCCCN)C(=O)NCCS(=O)(=O)CCNC(=O)C(N)CCN(C(=O)CO)C(c1cc(-c2cc(F)ccc2F)cn1Cc1ccccc1)C(C)(C)C. The van der Waals surface area contributed by atoms with Crippen LogP contribution in [0.3, 0.4) is 0 Å². The highest BCUT2D eigenvalue weighted by Gasteiger charge is 2.37. The van der Waals surface area contributed by atoms with Gasteiger partial charge in [-0.1, -0.05) is 51.1 Å². The molecule has 4 amide bonds. The molecule has 3 aromatic rings. The summed E-state index contributed by atoms with van der Waals surface area (Å²) in [5, 5.41) is 17.7. The molecule has 0 bridgehead atoms. The first kappa shape index (κ1) is 46.7. The van der Waals surface area contributed by atoms with Gasteiger partial charge in [0.25, 0.3) is 0 Å². The maximum atomic E-state index is 15.0. The number of rotatable bonds is 22. The van der Waals surface area contributed by atoms with Crippen molar-refractivity contribution in [2.75, 3.05) is 44.3 Å². The number of nitrogens with two attached hydrogens (primary N) is 2. The van der Waals surface area contributed by atoms with E-state index < -0.39 is 86.8 Å². The predicted molar refractivity (Wildman–Crippen MR) is 214 cm³/mol. The molecule has 0 fully saturated rings. The van der Waals surface area contributed by atoms with Crippen molar-refractivity contribution in [3.8, 4) is 11.1 Å². The molecule has 1 heterocycles. The van der Waals surface area contributed by atoms with Crippen LogP contribution in [-0.4, -0.2) is 103 Å². The Morgan fingerprint density at radius 2 is 1.58 bits per heavy atom. The summed E-state index contributed by atoms with van der Waals surface area (Å²) in [4.78, 5) is 52.0. The lowest BCUT2D eigenvalue weighted by atomic mass is 9.82. The van der Waals surface area contributed by atoms with Gasteiger partial charge in [0.1, 0.15) is 24.3 Å². The van der Waals surface area contributed by atoms with E-state index in [0.29, 0.717) is 43.6 Å². The maximum absolute atomic E-state index is 15.0. The van der Waals surface area contributed by atoms with E-state index in [4.69, 9.17) is 11.5 Å². The van der Waals surface area contributed by atoms with Gasteiger partial charge in [-0.25, -0.2) is 17.2 Å². The van der Waals surface area contributed by atoms with Crippen LogP contribution in [0.5, 0.6) is 0 Å². The smallest absolute Gasteiger partial charge is 0.248 e. The summed E-state index contributed by atoms with van der Waals surface area (Å²) in [7, 11) is -3.72. The minimum absolute atomic E-state index is 0.0332. The van der Waals surface area contributed by atoms with E-state index in [2.05, 4.69) is 16.0 Å². The lowest BCUT2D eigenvalue weighted by molar-refractivity contribution is -0.140. The van der Waals surface area contributed by atoms with Gasteiger partial charge in [0.15, 0.2) is 9.84 Å². The first-order valence-corrected chi connectivity index (χ1v) is 20.8. The van der Waals surface area contributed by atoms with Crippen LogP contribution in [0.4, 0.5) is 8.78 Å². The number of nitrogens with zero attached hydrogens (tertiary/aromatic N) is 2. The molecule has 1 aromatic heterocycles. The number of sulfone groups is 1. The van der Waals surface area contributed by atoms with E-state index >= 15 is 4.39 Å². The third-order valence-electron chi connectivity index (χ3n) is 9.32. The number of halogens is 2. The van der Waals surface area contributed by atoms with Crippen LogP contribution in [0.15, 0.2) is 60.8 Å². The third kappa shape index (κ3) is 14.6. The molecule has 14 nitrogen and oxygen atoms in total. The topological polar surface area (TPSA) is 219 Å². The van der Waals surface area contributed by atoms with Crippen LogP contribution < -0.4 is 27.4 Å². The van der Waals surface area contributed by atoms with Crippen molar-refractivity contribution in [2.45, 2.75) is 78.0 Å². The second-order valence-corrected chi connectivity index (χ2v) is 17.4. The fourth-order valence-corrected chi connectivity index (χ4v) is 7.56. The monoisotopic (exact) mass is 817 g/mol. The van der Waals surface area contributed by atoms with Gasteiger partial charge in [-0.15, -0.1) is 0 Å². The molecule has 0 radical (unpaired) electrons. The lowest BCUT2D eigenvalue weighted by Gasteiger charge is -2.41. The molecule has 3 atom stereocenters. The van der Waals surface area contributed by atoms with Gasteiger partial charge in [0.05, 0.1) is 23.6 Å². The van der Waals surface area contributed by atoms with Crippen molar-refractivity contribution in [3.63, 3.8) is 0 Å². The van der Waals surface area contributed by atoms with Gasteiger partial charge in [0.2, 0.25) is 23.6 Å². The van der Waals surface area contributed by atoms with Crippen LogP contribution in [0.2, 0.25) is 0 Å². The number of aliphatic hydroxyl groups excluding tert-OH is 1. The number of carbonyl (C=O) groups is 4. The van der Waals surface area contributed by atoms with Gasteiger partial charge < -0.3 is 42.0 Å². The van der Waals surface area contributed by atoms with E-state index in [1.54, 1.807) is 12.3 Å². The van der Waals surface area contributed by atoms with Crippen molar-refractivity contribution in [2.24, 2.45) is 16.9 Å². The normalized spacial score (nSPS) is 13.4. The zero-order chi connectivity index (χ0) is 42.3. The number of aliphatic hydroxyl groups is 1. The quantitative estimate of drug-likeness (QED) is 0.0820. The predicted octanol–water partition coefficient (Wildman–Crippen LogP) is 2.39. The average molecular weight is 818 g/mol. The van der Waals surface area contributed by atoms with Crippen molar-refractivity contribution < 1.29 is 41.5 Å². The summed E-state index contributed by atoms with van der Waals surface area (Å²) in [6.07, 6.45) is 3.25. The molecule has 3 rings (SSSR count). The van der Waals surface area contributed by atoms with Crippen LogP contribution in [0.25, 0.3) is 11.1 Å². The van der Waals surface area contributed by atoms with E-state index in [-0.39, 0.29) is 31.6 Å². The standard InChI is InChI=1S/C40H57F2N7O7S/c1-27(51)47-34(12-8-9-16-43)39(54)46-18-21-57(55,56)20-17-45-38(53)33(44)15-19-49(36(52)26-50)37(40(2,3)4)35-22-29(31-23-30(41)13-14-32(31)42)25-48(35)24-28-10-6-5-7-11-28/h5-7,10-11,13-14,22-23,25,33-34,37,50H,8-9,12,15-21,24,26,43-44H2,1-4H3,(H,45,53)(H,46,54)(H,47,51)/t33?,34-,37?/m0/s1. The molecule has 8 N–H and O–H groups in total. The average Bonchev–Trinajstić information content (AvgIpc) is 3.54. The number of hydrogen-bond acceptors (Lipinski definition) is 9. The number of amides is 4. The van der Waals surface area contributed by atoms with E-state index in [1.165, 1.54) is 11.8 Å². The molecule has 0 saturated heterocycles. The van der Waals surface area contributed by atoms with Gasteiger partial charge in [-0.3, -0.25) is 19.2 Å². The lowest BCUT2D eigenvalue weighted by Crippen LogP contribution is -2.48. The Hall–Kier alpha value is -4.71. The molecule has 0 spiro atoms. The highest BCUT2D eigenvalue weighted by atomic mass is 32.2. The van der Waals surface area contributed by atoms with Gasteiger partial charge >= 0.3 is 0 Å². The molecule has 0 aliphatic carbocycles. The van der Waals surface area contributed by atoms with Gasteiger partial charge in [-0.2, -0.15) is 0 Å². The molecule has 0 aliphatic rings. The largest absolute Gasteiger partial charge is 0.387 e. The summed E-state index contributed by atoms with van der Waals surface area (Å²) in [5.74, 6) is -4.29. The molecular formula is C40H57F2N7O7S. The Bertz CT molecular complexity index is 1920. The maximum Gasteiger partial charge on any atom is 0.248 e. The fraction of sp³-hybridized carbons (Fsp3) is 0.500. The molecule has 2 aromatic carbocycles. The van der Waals surface area contributed by atoms with Crippen molar-refractivity contribution >= 4 is 33.5 Å². The summed E-state index contributed by atoms with van der Waals surface area (Å²) < 4.78 is 56.6. The zero-order valence-electron chi connectivity index (χ0n) is 33.1. The minimum Gasteiger partial charge on any atom is -0.387 e. The molecule has 17 heteroatoms. The number of nitrogens with one attached hydrogen (secondary N) is 3. The van der Waals surface area contributed by atoms with Crippen LogP contribution in [0.1, 0.15) is 70.7 Å². The number of unbranched alkanes of at least 4 members (excludes halogenated alkanes) is 1. The highest BCUT2D eigenvalue weighted by molar-refractivity contribution is 7.91. The first-order valence-electron chi connectivity index (χ1n) is 18.9. The number of carbonyl (C=O) groups excluding carboxylic acids is 4. The summed E-state index contributed by atoms with van der Waals surface area (Å²) in [6, 6.07) is 11.6. The van der Waals surface area contributed by atoms with Crippen molar-refractivity contribution in [1.82, 2.24) is 25.4 Å². The summed E-state index contributed by atoms with van der Waals surface area (Å²) in [5.41, 5.74) is 12.9. The minimum atomic E-state index is -3.72. The Labute approximate surface area is 333 Å². The second-order valence-electron chi connectivity index (χ2n) is 15.1. The molecule has 0 saturated carbocycles. The Morgan fingerprint density at radius 3 is 2.18 bits per heavy atom. The third-order valence-corrected chi connectivity index (χ3v) is 11.0. The van der Waals surface area contributed by atoms with Crippen molar-refractivity contribution in [3.05, 3.63) is 83.7 Å². The molecular weight excluding hydrogens is 761 g/mol. The van der Waals surface area contributed by atoms with E-state index in [0.717, 1.165) is 23.8 Å². The second kappa shape index (κ2) is 21.7. The van der Waals surface area contributed by atoms with Crippen molar-refractivity contribution in [1.29, 1.82) is 0 Å². The van der Waals surface area contributed by atoms with Crippen LogP contribution >= 0.6 is 0 Å².